The number of carbonyl (C=O) groups excluding carboxylic acids is 1. The summed E-state index contributed by atoms with van der Waals surface area (Å²) in [6.07, 6.45) is -2.01. The van der Waals surface area contributed by atoms with Crippen LogP contribution in [0, 0.1) is 11.3 Å². The normalized spacial score (nSPS) is 12.2. The molecule has 2 aromatic carbocycles. The minimum atomic E-state index is -0.955. The van der Waals surface area contributed by atoms with Gasteiger partial charge in [0.25, 0.3) is 0 Å². The summed E-state index contributed by atoms with van der Waals surface area (Å²) in [5.41, 5.74) is 0.686. The van der Waals surface area contributed by atoms with Crippen LogP contribution >= 0.6 is 0 Å². The van der Waals surface area contributed by atoms with Gasteiger partial charge in [0.05, 0.1) is 12.2 Å². The summed E-state index contributed by atoms with van der Waals surface area (Å²) in [4.78, 5) is 11.7. The smallest absolute Gasteiger partial charge is 0.446 e. The second-order valence-electron chi connectivity index (χ2n) is 6.14. The number of carbonyl (C=O) groups is 1. The van der Waals surface area contributed by atoms with Crippen LogP contribution < -0.4 is 0 Å². The van der Waals surface area contributed by atoms with E-state index in [1.165, 1.54) is 0 Å². The van der Waals surface area contributed by atoms with E-state index in [0.29, 0.717) is 5.56 Å². The van der Waals surface area contributed by atoms with Gasteiger partial charge in [-0.2, -0.15) is 5.26 Å². The molecule has 0 atom stereocenters. The van der Waals surface area contributed by atoms with Gasteiger partial charge in [-0.15, -0.1) is 5.10 Å². The Hall–Kier alpha value is -3.40. The van der Waals surface area contributed by atoms with Gasteiger partial charge in [-0.25, -0.2) is 4.79 Å². The van der Waals surface area contributed by atoms with E-state index >= 15 is 0 Å². The molecule has 0 saturated carbocycles. The number of hydrogen-bond acceptors (Lipinski definition) is 7. The Kier molecular flexibility index (Phi) is 6.89. The fourth-order valence-corrected chi connectivity index (χ4v) is 2.22. The molecule has 0 unspecified atom stereocenters. The predicted octanol–water partition coefficient (Wildman–Crippen LogP) is 4.41. The van der Waals surface area contributed by atoms with Gasteiger partial charge in [-0.05, 0) is 38.5 Å². The first-order valence-corrected chi connectivity index (χ1v) is 8.49. The van der Waals surface area contributed by atoms with E-state index < -0.39 is 6.16 Å². The highest BCUT2D eigenvalue weighted by atomic mass is 16.8. The van der Waals surface area contributed by atoms with Gasteiger partial charge in [-0.3, -0.25) is 0 Å². The summed E-state index contributed by atoms with van der Waals surface area (Å²) in [5.74, 6) is 0. The van der Waals surface area contributed by atoms with Crippen LogP contribution in [-0.2, 0) is 14.2 Å². The summed E-state index contributed by atoms with van der Waals surface area (Å²) in [6, 6.07) is 15.2. The molecule has 0 radical (unpaired) electrons. The van der Waals surface area contributed by atoms with Gasteiger partial charge in [-0.1, -0.05) is 47.6 Å². The second kappa shape index (κ2) is 9.34. The number of rotatable bonds is 4. The van der Waals surface area contributed by atoms with Gasteiger partial charge in [0, 0.05) is 5.56 Å². The molecule has 0 N–H and O–H groups in total. The molecular formula is C20H21N3O4. The van der Waals surface area contributed by atoms with Crippen LogP contribution in [-0.4, -0.2) is 30.2 Å². The molecule has 0 fully saturated rings. The third-order valence-corrected chi connectivity index (χ3v) is 3.22. The number of nitrogens with zero attached hydrogens (tertiary/aromatic N) is 3. The summed E-state index contributed by atoms with van der Waals surface area (Å²) in [6.45, 7) is 6.86. The molecule has 0 heterocycles. The van der Waals surface area contributed by atoms with E-state index in [0.717, 1.165) is 10.8 Å². The fourth-order valence-electron chi connectivity index (χ4n) is 2.22. The maximum Gasteiger partial charge on any atom is 0.517 e. The van der Waals surface area contributed by atoms with E-state index in [9.17, 15) is 10.1 Å². The van der Waals surface area contributed by atoms with Crippen molar-refractivity contribution in [3.8, 4) is 6.07 Å². The molecular weight excluding hydrogens is 346 g/mol. The summed E-state index contributed by atoms with van der Waals surface area (Å²) < 4.78 is 15.2. The number of fused-ring (bicyclic) bond motifs is 1. The molecule has 7 nitrogen and oxygen atoms in total. The van der Waals surface area contributed by atoms with E-state index in [1.807, 2.05) is 42.5 Å². The lowest BCUT2D eigenvalue weighted by Crippen LogP contribution is -2.21. The van der Waals surface area contributed by atoms with Crippen molar-refractivity contribution in [3.05, 3.63) is 48.0 Å². The minimum Gasteiger partial charge on any atom is -0.446 e. The first kappa shape index (κ1) is 19.9. The quantitative estimate of drug-likeness (QED) is 0.345. The highest BCUT2D eigenvalue weighted by Crippen LogP contribution is 2.19. The Labute approximate surface area is 157 Å². The standard InChI is InChI=1S/C20H21N3O4/c1-13(2)25-19(27-20(24)26-14(3)4)23-22-18(12-21)17-11-7-9-15-8-5-6-10-16(15)17/h5-11,13-14H,1-4H3/b22-18+,23-19-. The van der Waals surface area contributed by atoms with Gasteiger partial charge in [0.15, 0.2) is 5.71 Å². The van der Waals surface area contributed by atoms with Crippen molar-refractivity contribution in [1.82, 2.24) is 0 Å². The van der Waals surface area contributed by atoms with Gasteiger partial charge >= 0.3 is 12.2 Å². The Morgan fingerprint density at radius 2 is 1.63 bits per heavy atom. The average Bonchev–Trinajstić information content (AvgIpc) is 2.61. The summed E-state index contributed by atoms with van der Waals surface area (Å²) in [5, 5.41) is 19.1. The third-order valence-electron chi connectivity index (χ3n) is 3.22. The van der Waals surface area contributed by atoms with E-state index in [4.69, 9.17) is 14.2 Å². The molecule has 0 aliphatic carbocycles. The lowest BCUT2D eigenvalue weighted by Gasteiger charge is -2.12. The largest absolute Gasteiger partial charge is 0.517 e. The Morgan fingerprint density at radius 3 is 2.30 bits per heavy atom. The SMILES string of the molecule is CC(C)OC(=O)O/C(=N\N=C(/C#N)c1cccc2ccccc12)OC(C)C. The second-order valence-corrected chi connectivity index (χ2v) is 6.14. The van der Waals surface area contributed by atoms with E-state index in [-0.39, 0.29) is 24.0 Å². The average molecular weight is 367 g/mol. The Bertz CT molecular complexity index is 906. The van der Waals surface area contributed by atoms with Crippen LogP contribution in [0.15, 0.2) is 52.7 Å². The lowest BCUT2D eigenvalue weighted by atomic mass is 10.0. The number of hydrogen-bond donors (Lipinski definition) is 0. The zero-order valence-electron chi connectivity index (χ0n) is 15.7. The summed E-state index contributed by atoms with van der Waals surface area (Å²) in [7, 11) is 0. The molecule has 0 spiro atoms. The highest BCUT2D eigenvalue weighted by Gasteiger charge is 2.15. The fraction of sp³-hybridized carbons (Fsp3) is 0.300. The van der Waals surface area contributed by atoms with Crippen LogP contribution in [0.1, 0.15) is 33.3 Å². The van der Waals surface area contributed by atoms with Crippen molar-refractivity contribution in [2.75, 3.05) is 0 Å². The molecule has 0 amide bonds. The van der Waals surface area contributed by atoms with Crippen LogP contribution in [0.3, 0.4) is 0 Å². The molecule has 0 aromatic heterocycles. The van der Waals surface area contributed by atoms with Crippen molar-refractivity contribution in [2.24, 2.45) is 10.2 Å². The zero-order chi connectivity index (χ0) is 19.8. The number of ether oxygens (including phenoxy) is 3. The van der Waals surface area contributed by atoms with Crippen molar-refractivity contribution in [3.63, 3.8) is 0 Å². The maximum atomic E-state index is 11.7. The van der Waals surface area contributed by atoms with Crippen molar-refractivity contribution in [2.45, 2.75) is 39.9 Å². The van der Waals surface area contributed by atoms with Crippen LogP contribution in [0.2, 0.25) is 0 Å². The molecule has 7 heteroatoms. The molecule has 2 aromatic rings. The molecule has 140 valence electrons. The van der Waals surface area contributed by atoms with Crippen molar-refractivity contribution in [1.29, 1.82) is 5.26 Å². The molecule has 0 bridgehead atoms. The molecule has 27 heavy (non-hydrogen) atoms. The van der Waals surface area contributed by atoms with E-state index in [1.54, 1.807) is 33.8 Å². The summed E-state index contributed by atoms with van der Waals surface area (Å²) >= 11 is 0. The monoisotopic (exact) mass is 367 g/mol. The minimum absolute atomic E-state index is 0.0671. The molecule has 0 aliphatic rings. The molecule has 0 saturated heterocycles. The maximum absolute atomic E-state index is 11.7. The van der Waals surface area contributed by atoms with Gasteiger partial charge < -0.3 is 14.2 Å². The van der Waals surface area contributed by atoms with Crippen molar-refractivity contribution >= 4 is 28.7 Å². The first-order chi connectivity index (χ1) is 12.9. The van der Waals surface area contributed by atoms with Crippen LogP contribution in [0.5, 0.6) is 0 Å². The van der Waals surface area contributed by atoms with Crippen LogP contribution in [0.4, 0.5) is 4.79 Å². The first-order valence-electron chi connectivity index (χ1n) is 8.49. The molecule has 0 aliphatic heterocycles. The predicted molar refractivity (Wildman–Crippen MR) is 102 cm³/mol. The van der Waals surface area contributed by atoms with Gasteiger partial charge in [0.1, 0.15) is 6.07 Å². The highest BCUT2D eigenvalue weighted by molar-refractivity contribution is 6.18. The van der Waals surface area contributed by atoms with Crippen molar-refractivity contribution < 1.29 is 19.0 Å². The van der Waals surface area contributed by atoms with E-state index in [2.05, 4.69) is 10.2 Å². The van der Waals surface area contributed by atoms with Gasteiger partial charge in [0.2, 0.25) is 0 Å². The number of benzene rings is 2. The van der Waals surface area contributed by atoms with Crippen LogP contribution in [0.25, 0.3) is 10.8 Å². The zero-order valence-corrected chi connectivity index (χ0v) is 15.7. The Balaban J connectivity index is 2.37. The lowest BCUT2D eigenvalue weighted by molar-refractivity contribution is 0.0502. The Morgan fingerprint density at radius 1 is 0.963 bits per heavy atom. The third kappa shape index (κ3) is 5.82. The topological polar surface area (TPSA) is 93.3 Å². The molecule has 2 rings (SSSR count). The number of nitriles is 1.